The number of aromatic nitrogens is 1. The molecule has 0 radical (unpaired) electrons. The van der Waals surface area contributed by atoms with Gasteiger partial charge in [0.1, 0.15) is 17.4 Å². The Morgan fingerprint density at radius 1 is 1.20 bits per heavy atom. The highest BCUT2D eigenvalue weighted by atomic mass is 35.5. The number of rotatable bonds is 6. The Labute approximate surface area is 207 Å². The first kappa shape index (κ1) is 25.2. The number of pyridine rings is 1. The zero-order valence-corrected chi connectivity index (χ0v) is 19.9. The zero-order chi connectivity index (χ0) is 25.5. The van der Waals surface area contributed by atoms with Gasteiger partial charge in [-0.25, -0.2) is 19.1 Å². The molecule has 2 aromatic carbocycles. The van der Waals surface area contributed by atoms with Gasteiger partial charge in [-0.15, -0.1) is 6.42 Å². The molecule has 0 saturated carbocycles. The van der Waals surface area contributed by atoms with Crippen LogP contribution in [0.1, 0.15) is 21.5 Å². The summed E-state index contributed by atoms with van der Waals surface area (Å²) in [5, 5.41) is 8.24. The van der Waals surface area contributed by atoms with Gasteiger partial charge in [-0.2, -0.15) is 5.10 Å². The summed E-state index contributed by atoms with van der Waals surface area (Å²) in [6, 6.07) is 10.4. The number of carbonyl (C=O) groups is 2. The third-order valence-corrected chi connectivity index (χ3v) is 4.79. The fourth-order valence-corrected chi connectivity index (χ4v) is 3.13. The molecule has 0 bridgehead atoms. The third kappa shape index (κ3) is 6.34. The van der Waals surface area contributed by atoms with Crippen molar-refractivity contribution >= 4 is 41.3 Å². The minimum atomic E-state index is -0.941. The average Bonchev–Trinajstić information content (AvgIpc) is 2.84. The van der Waals surface area contributed by atoms with Crippen LogP contribution in [0, 0.1) is 18.2 Å². The summed E-state index contributed by atoms with van der Waals surface area (Å²) < 4.78 is 19.9. The number of urea groups is 1. The van der Waals surface area contributed by atoms with Crippen molar-refractivity contribution in [3.8, 4) is 18.1 Å². The molecule has 0 saturated heterocycles. The van der Waals surface area contributed by atoms with Gasteiger partial charge in [-0.3, -0.25) is 4.79 Å². The molecule has 0 aliphatic carbocycles. The molecule has 3 amide bonds. The van der Waals surface area contributed by atoms with Gasteiger partial charge in [0.25, 0.3) is 5.91 Å². The van der Waals surface area contributed by atoms with E-state index in [9.17, 15) is 14.0 Å². The number of hydrogen-bond acceptors (Lipinski definition) is 6. The number of benzene rings is 2. The van der Waals surface area contributed by atoms with Crippen molar-refractivity contribution in [2.75, 3.05) is 31.4 Å². The van der Waals surface area contributed by atoms with Gasteiger partial charge in [-0.1, -0.05) is 23.6 Å². The van der Waals surface area contributed by atoms with Gasteiger partial charge in [0, 0.05) is 36.4 Å². The Morgan fingerprint density at radius 3 is 2.57 bits per heavy atom. The van der Waals surface area contributed by atoms with Crippen molar-refractivity contribution in [2.24, 2.45) is 5.10 Å². The Kier molecular flexibility index (Phi) is 8.02. The predicted molar refractivity (Wildman–Crippen MR) is 134 cm³/mol. The number of halogens is 2. The van der Waals surface area contributed by atoms with Crippen molar-refractivity contribution < 1.29 is 18.7 Å². The molecule has 35 heavy (non-hydrogen) atoms. The van der Waals surface area contributed by atoms with E-state index in [1.165, 1.54) is 62.0 Å². The Bertz CT molecular complexity index is 1320. The van der Waals surface area contributed by atoms with Crippen LogP contribution in [0.25, 0.3) is 0 Å². The number of anilines is 2. The van der Waals surface area contributed by atoms with Crippen LogP contribution in [-0.2, 0) is 0 Å². The topological polar surface area (TPSA) is 87.1 Å². The zero-order valence-electron chi connectivity index (χ0n) is 19.1. The number of ether oxygens (including phenoxy) is 1. The standard InChI is InChI=1S/C25H21ClFN5O3/c1-5-16-7-9-23(28-14-16)32(24(33)18-11-19(26)13-20(12-18)35-4)25(34)30-22-8-6-17(10-21(22)27)15-29-31(2)3/h1,6-15H,2-4H3,(H,30,34). The van der Waals surface area contributed by atoms with E-state index in [0.29, 0.717) is 16.9 Å². The van der Waals surface area contributed by atoms with Crippen LogP contribution in [-0.4, -0.2) is 49.4 Å². The summed E-state index contributed by atoms with van der Waals surface area (Å²) in [4.78, 5) is 31.5. The number of nitrogens with zero attached hydrogens (tertiary/aromatic N) is 4. The highest BCUT2D eigenvalue weighted by Gasteiger charge is 2.27. The van der Waals surface area contributed by atoms with E-state index in [0.717, 1.165) is 4.90 Å². The van der Waals surface area contributed by atoms with E-state index in [2.05, 4.69) is 21.3 Å². The quantitative estimate of drug-likeness (QED) is 0.307. The molecule has 10 heteroatoms. The van der Waals surface area contributed by atoms with Gasteiger partial charge < -0.3 is 15.1 Å². The molecular weight excluding hydrogens is 473 g/mol. The molecule has 0 unspecified atom stereocenters. The number of amides is 3. The van der Waals surface area contributed by atoms with Crippen LogP contribution >= 0.6 is 11.6 Å². The second kappa shape index (κ2) is 11.1. The summed E-state index contributed by atoms with van der Waals surface area (Å²) in [6.07, 6.45) is 8.17. The molecule has 0 aliphatic rings. The molecule has 0 atom stereocenters. The average molecular weight is 494 g/mol. The first-order valence-electron chi connectivity index (χ1n) is 10.2. The third-order valence-electron chi connectivity index (χ3n) is 4.58. The largest absolute Gasteiger partial charge is 0.497 e. The number of hydrazone groups is 1. The number of methoxy groups -OCH3 is 1. The summed E-state index contributed by atoms with van der Waals surface area (Å²) in [7, 11) is 4.87. The molecule has 1 heterocycles. The van der Waals surface area contributed by atoms with Crippen molar-refractivity contribution in [3.05, 3.63) is 82.3 Å². The van der Waals surface area contributed by atoms with Gasteiger partial charge in [-0.05, 0) is 48.0 Å². The lowest BCUT2D eigenvalue weighted by molar-refractivity contribution is 0.0994. The SMILES string of the molecule is C#Cc1ccc(N(C(=O)Nc2ccc(C=NN(C)C)cc2F)C(=O)c2cc(Cl)cc(OC)c2)nc1. The minimum absolute atomic E-state index is 0.0272. The van der Waals surface area contributed by atoms with Gasteiger partial charge in [0.2, 0.25) is 0 Å². The van der Waals surface area contributed by atoms with Crippen LogP contribution in [0.5, 0.6) is 5.75 Å². The molecule has 3 rings (SSSR count). The molecule has 1 N–H and O–H groups in total. The monoisotopic (exact) mass is 493 g/mol. The molecular formula is C25H21ClFN5O3. The molecule has 0 spiro atoms. The molecule has 0 fully saturated rings. The second-order valence-corrected chi connectivity index (χ2v) is 7.77. The number of imide groups is 1. The fourth-order valence-electron chi connectivity index (χ4n) is 2.90. The summed E-state index contributed by atoms with van der Waals surface area (Å²) in [6.45, 7) is 0. The van der Waals surface area contributed by atoms with E-state index in [-0.39, 0.29) is 22.1 Å². The molecule has 1 aromatic heterocycles. The van der Waals surface area contributed by atoms with Crippen LogP contribution in [0.3, 0.4) is 0 Å². The number of carbonyl (C=O) groups excluding carboxylic acids is 2. The van der Waals surface area contributed by atoms with Crippen molar-refractivity contribution in [1.82, 2.24) is 9.99 Å². The van der Waals surface area contributed by atoms with Crippen LogP contribution in [0.15, 0.2) is 59.8 Å². The van der Waals surface area contributed by atoms with E-state index < -0.39 is 17.8 Å². The Morgan fingerprint density at radius 2 is 1.97 bits per heavy atom. The highest BCUT2D eigenvalue weighted by molar-refractivity contribution is 6.31. The number of hydrogen-bond donors (Lipinski definition) is 1. The minimum Gasteiger partial charge on any atom is -0.497 e. The predicted octanol–water partition coefficient (Wildman–Crippen LogP) is 4.64. The first-order valence-corrected chi connectivity index (χ1v) is 10.5. The lowest BCUT2D eigenvalue weighted by Crippen LogP contribution is -2.41. The van der Waals surface area contributed by atoms with Crippen LogP contribution in [0.4, 0.5) is 20.7 Å². The fraction of sp³-hybridized carbons (Fsp3) is 0.120. The van der Waals surface area contributed by atoms with Gasteiger partial charge in [0.15, 0.2) is 0 Å². The second-order valence-electron chi connectivity index (χ2n) is 7.33. The summed E-state index contributed by atoms with van der Waals surface area (Å²) >= 11 is 6.10. The first-order chi connectivity index (χ1) is 16.7. The molecule has 3 aromatic rings. The molecule has 178 valence electrons. The number of terminal acetylenes is 1. The lowest BCUT2D eigenvalue weighted by Gasteiger charge is -2.21. The Balaban J connectivity index is 1.97. The maximum absolute atomic E-state index is 14.7. The smallest absolute Gasteiger partial charge is 0.334 e. The lowest BCUT2D eigenvalue weighted by atomic mass is 10.1. The summed E-state index contributed by atoms with van der Waals surface area (Å²) in [5.74, 6) is 1.22. The summed E-state index contributed by atoms with van der Waals surface area (Å²) in [5.41, 5.74) is 0.855. The maximum atomic E-state index is 14.7. The van der Waals surface area contributed by atoms with Crippen LogP contribution < -0.4 is 15.0 Å². The maximum Gasteiger partial charge on any atom is 0.334 e. The van der Waals surface area contributed by atoms with E-state index in [4.69, 9.17) is 22.8 Å². The highest BCUT2D eigenvalue weighted by Crippen LogP contribution is 2.25. The Hall–Kier alpha value is -4.42. The molecule has 0 aliphatic heterocycles. The van der Waals surface area contributed by atoms with E-state index in [1.54, 1.807) is 25.2 Å². The normalized spacial score (nSPS) is 10.5. The van der Waals surface area contributed by atoms with Gasteiger partial charge >= 0.3 is 6.03 Å². The van der Waals surface area contributed by atoms with Gasteiger partial charge in [0.05, 0.1) is 19.0 Å². The number of nitrogens with one attached hydrogen (secondary N) is 1. The van der Waals surface area contributed by atoms with Crippen molar-refractivity contribution in [1.29, 1.82) is 0 Å². The van der Waals surface area contributed by atoms with E-state index >= 15 is 0 Å². The van der Waals surface area contributed by atoms with Crippen molar-refractivity contribution in [2.45, 2.75) is 0 Å². The molecule has 8 nitrogen and oxygen atoms in total. The van der Waals surface area contributed by atoms with Crippen LogP contribution in [0.2, 0.25) is 5.02 Å². The van der Waals surface area contributed by atoms with E-state index in [1.807, 2.05) is 0 Å². The van der Waals surface area contributed by atoms with Crippen molar-refractivity contribution in [3.63, 3.8) is 0 Å².